The molecule has 1 amide bonds. The van der Waals surface area contributed by atoms with Crippen LogP contribution in [0.25, 0.3) is 0 Å². The topological polar surface area (TPSA) is 55.1 Å². The molecule has 0 aliphatic heterocycles. The fourth-order valence-corrected chi connectivity index (χ4v) is 1.76. The standard InChI is InChI=1S/C13H10ClFN2O/c14-9-4-8(5-11(16)6-9)13(18)17-12-3-1-2-10(15)7-12/h1-7H,16H2,(H,17,18). The van der Waals surface area contributed by atoms with E-state index in [-0.39, 0.29) is 0 Å². The van der Waals surface area contributed by atoms with Gasteiger partial charge in [-0.3, -0.25) is 4.79 Å². The molecule has 2 aromatic carbocycles. The lowest BCUT2D eigenvalue weighted by molar-refractivity contribution is 0.102. The van der Waals surface area contributed by atoms with Gasteiger partial charge >= 0.3 is 0 Å². The van der Waals surface area contributed by atoms with Gasteiger partial charge in [0.05, 0.1) is 0 Å². The number of rotatable bonds is 2. The molecular formula is C13H10ClFN2O. The Balaban J connectivity index is 2.22. The molecule has 0 aromatic heterocycles. The van der Waals surface area contributed by atoms with Gasteiger partial charge in [-0.05, 0) is 36.4 Å². The van der Waals surface area contributed by atoms with Crippen molar-refractivity contribution in [1.82, 2.24) is 0 Å². The zero-order valence-electron chi connectivity index (χ0n) is 9.28. The molecule has 0 saturated carbocycles. The van der Waals surface area contributed by atoms with E-state index in [1.807, 2.05) is 0 Å². The summed E-state index contributed by atoms with van der Waals surface area (Å²) in [6, 6.07) is 10.2. The van der Waals surface area contributed by atoms with Gasteiger partial charge in [0.1, 0.15) is 5.82 Å². The Morgan fingerprint density at radius 2 is 2.00 bits per heavy atom. The van der Waals surface area contributed by atoms with Crippen molar-refractivity contribution < 1.29 is 9.18 Å². The number of anilines is 2. The van der Waals surface area contributed by atoms with Crippen molar-refractivity contribution in [2.75, 3.05) is 11.1 Å². The van der Waals surface area contributed by atoms with E-state index in [1.54, 1.807) is 12.1 Å². The summed E-state index contributed by atoms with van der Waals surface area (Å²) >= 11 is 5.80. The molecule has 3 N–H and O–H groups in total. The SMILES string of the molecule is Nc1cc(Cl)cc(C(=O)Nc2cccc(F)c2)c1. The second-order valence-electron chi connectivity index (χ2n) is 3.74. The summed E-state index contributed by atoms with van der Waals surface area (Å²) in [5, 5.41) is 2.93. The Labute approximate surface area is 108 Å². The van der Waals surface area contributed by atoms with Crippen LogP contribution in [0.4, 0.5) is 15.8 Å². The summed E-state index contributed by atoms with van der Waals surface area (Å²) in [5.41, 5.74) is 6.68. The van der Waals surface area contributed by atoms with Crippen molar-refractivity contribution in [1.29, 1.82) is 0 Å². The number of carbonyl (C=O) groups is 1. The first-order valence-electron chi connectivity index (χ1n) is 5.17. The van der Waals surface area contributed by atoms with Gasteiger partial charge < -0.3 is 11.1 Å². The lowest BCUT2D eigenvalue weighted by atomic mass is 10.2. The fraction of sp³-hybridized carbons (Fsp3) is 0. The number of hydrogen-bond donors (Lipinski definition) is 2. The molecule has 5 heteroatoms. The van der Waals surface area contributed by atoms with Gasteiger partial charge in [-0.2, -0.15) is 0 Å². The molecule has 92 valence electrons. The van der Waals surface area contributed by atoms with Crippen LogP contribution in [0.1, 0.15) is 10.4 Å². The highest BCUT2D eigenvalue weighted by molar-refractivity contribution is 6.31. The minimum Gasteiger partial charge on any atom is -0.399 e. The van der Waals surface area contributed by atoms with Crippen LogP contribution in [-0.4, -0.2) is 5.91 Å². The lowest BCUT2D eigenvalue weighted by Gasteiger charge is -2.06. The molecular weight excluding hydrogens is 255 g/mol. The number of nitrogens with two attached hydrogens (primary N) is 1. The number of hydrogen-bond acceptors (Lipinski definition) is 2. The van der Waals surface area contributed by atoms with E-state index in [0.717, 1.165) is 0 Å². The summed E-state index contributed by atoms with van der Waals surface area (Å²) in [5.74, 6) is -0.812. The van der Waals surface area contributed by atoms with E-state index in [0.29, 0.717) is 22.0 Å². The molecule has 3 nitrogen and oxygen atoms in total. The highest BCUT2D eigenvalue weighted by Gasteiger charge is 2.08. The van der Waals surface area contributed by atoms with Crippen molar-refractivity contribution >= 4 is 28.9 Å². The van der Waals surface area contributed by atoms with Crippen molar-refractivity contribution in [2.24, 2.45) is 0 Å². The number of benzene rings is 2. The third kappa shape index (κ3) is 2.99. The largest absolute Gasteiger partial charge is 0.399 e. The molecule has 0 spiro atoms. The summed E-state index contributed by atoms with van der Waals surface area (Å²) in [4.78, 5) is 11.9. The maximum atomic E-state index is 13.0. The molecule has 0 aliphatic rings. The molecule has 0 bridgehead atoms. The molecule has 0 aliphatic carbocycles. The Hall–Kier alpha value is -2.07. The first-order valence-corrected chi connectivity index (χ1v) is 5.55. The Morgan fingerprint density at radius 1 is 1.22 bits per heavy atom. The van der Waals surface area contributed by atoms with Gasteiger partial charge in [0.2, 0.25) is 0 Å². The highest BCUT2D eigenvalue weighted by Crippen LogP contribution is 2.18. The van der Waals surface area contributed by atoms with Crippen molar-refractivity contribution in [2.45, 2.75) is 0 Å². The zero-order valence-corrected chi connectivity index (χ0v) is 10.0. The molecule has 2 rings (SSSR count). The minimum atomic E-state index is -0.418. The fourth-order valence-electron chi connectivity index (χ4n) is 1.51. The molecule has 0 atom stereocenters. The van der Waals surface area contributed by atoms with Crippen LogP contribution >= 0.6 is 11.6 Å². The van der Waals surface area contributed by atoms with Crippen LogP contribution in [0.2, 0.25) is 5.02 Å². The van der Waals surface area contributed by atoms with Crippen LogP contribution in [0.3, 0.4) is 0 Å². The monoisotopic (exact) mass is 264 g/mol. The van der Waals surface area contributed by atoms with Gasteiger partial charge in [0, 0.05) is 22.0 Å². The quantitative estimate of drug-likeness (QED) is 0.818. The van der Waals surface area contributed by atoms with Crippen LogP contribution in [0.5, 0.6) is 0 Å². The second-order valence-corrected chi connectivity index (χ2v) is 4.17. The molecule has 0 unspecified atom stereocenters. The normalized spacial score (nSPS) is 10.1. The van der Waals surface area contributed by atoms with E-state index in [1.165, 1.54) is 30.3 Å². The van der Waals surface area contributed by atoms with Crippen molar-refractivity contribution in [3.05, 3.63) is 58.9 Å². The van der Waals surface area contributed by atoms with Gasteiger partial charge in [0.25, 0.3) is 5.91 Å². The summed E-state index contributed by atoms with van der Waals surface area (Å²) in [6.07, 6.45) is 0. The first kappa shape index (κ1) is 12.4. The number of halogens is 2. The van der Waals surface area contributed by atoms with E-state index in [9.17, 15) is 9.18 Å². The predicted octanol–water partition coefficient (Wildman–Crippen LogP) is 3.31. The summed E-state index contributed by atoms with van der Waals surface area (Å²) in [7, 11) is 0. The van der Waals surface area contributed by atoms with Gasteiger partial charge in [-0.1, -0.05) is 17.7 Å². The third-order valence-electron chi connectivity index (χ3n) is 2.26. The first-order chi connectivity index (χ1) is 8.54. The second kappa shape index (κ2) is 5.06. The maximum Gasteiger partial charge on any atom is 0.255 e. The third-order valence-corrected chi connectivity index (χ3v) is 2.48. The Bertz CT molecular complexity index is 581. The lowest BCUT2D eigenvalue weighted by Crippen LogP contribution is -2.12. The van der Waals surface area contributed by atoms with E-state index < -0.39 is 11.7 Å². The van der Waals surface area contributed by atoms with E-state index in [2.05, 4.69) is 5.32 Å². The maximum absolute atomic E-state index is 13.0. The van der Waals surface area contributed by atoms with Gasteiger partial charge in [0.15, 0.2) is 0 Å². The van der Waals surface area contributed by atoms with Gasteiger partial charge in [-0.15, -0.1) is 0 Å². The molecule has 0 radical (unpaired) electrons. The van der Waals surface area contributed by atoms with Crippen LogP contribution < -0.4 is 11.1 Å². The Morgan fingerprint density at radius 3 is 2.67 bits per heavy atom. The number of amides is 1. The van der Waals surface area contributed by atoms with E-state index in [4.69, 9.17) is 17.3 Å². The van der Waals surface area contributed by atoms with Crippen LogP contribution in [-0.2, 0) is 0 Å². The van der Waals surface area contributed by atoms with E-state index >= 15 is 0 Å². The smallest absolute Gasteiger partial charge is 0.255 e. The van der Waals surface area contributed by atoms with Crippen molar-refractivity contribution in [3.63, 3.8) is 0 Å². The minimum absolute atomic E-state index is 0.323. The molecule has 18 heavy (non-hydrogen) atoms. The number of carbonyl (C=O) groups excluding carboxylic acids is 1. The molecule has 0 saturated heterocycles. The Kier molecular flexibility index (Phi) is 3.48. The van der Waals surface area contributed by atoms with Crippen LogP contribution in [0, 0.1) is 5.82 Å². The van der Waals surface area contributed by atoms with Crippen molar-refractivity contribution in [3.8, 4) is 0 Å². The number of nitrogen functional groups attached to an aromatic ring is 1. The summed E-state index contributed by atoms with van der Waals surface area (Å²) in [6.45, 7) is 0. The number of nitrogens with one attached hydrogen (secondary N) is 1. The average Bonchev–Trinajstić information content (AvgIpc) is 2.27. The highest BCUT2D eigenvalue weighted by atomic mass is 35.5. The zero-order chi connectivity index (χ0) is 13.1. The summed E-state index contributed by atoms with van der Waals surface area (Å²) < 4.78 is 13.0. The molecule has 0 heterocycles. The van der Waals surface area contributed by atoms with Gasteiger partial charge in [-0.25, -0.2) is 4.39 Å². The average molecular weight is 265 g/mol. The predicted molar refractivity (Wildman–Crippen MR) is 70.2 cm³/mol. The molecule has 0 fully saturated rings. The molecule has 2 aromatic rings. The van der Waals surface area contributed by atoms with Crippen LogP contribution in [0.15, 0.2) is 42.5 Å².